The summed E-state index contributed by atoms with van der Waals surface area (Å²) in [5, 5.41) is 1.95. The first-order valence-corrected chi connectivity index (χ1v) is 6.52. The first-order chi connectivity index (χ1) is 8.12. The fourth-order valence-corrected chi connectivity index (χ4v) is 3.42. The van der Waals surface area contributed by atoms with Crippen LogP contribution in [0.4, 0.5) is 0 Å². The SMILES string of the molecule is Cn1cc(Cl)c2c(C3(N)CCCC3)cccc21. The third kappa shape index (κ3) is 1.59. The van der Waals surface area contributed by atoms with E-state index in [9.17, 15) is 0 Å². The third-order valence-corrected chi connectivity index (χ3v) is 4.29. The molecule has 1 fully saturated rings. The summed E-state index contributed by atoms with van der Waals surface area (Å²) in [6, 6.07) is 6.32. The first-order valence-electron chi connectivity index (χ1n) is 6.15. The van der Waals surface area contributed by atoms with Crippen molar-refractivity contribution in [3.8, 4) is 0 Å². The largest absolute Gasteiger partial charge is 0.349 e. The Morgan fingerprint density at radius 3 is 2.71 bits per heavy atom. The number of nitrogens with zero attached hydrogens (tertiary/aromatic N) is 1. The van der Waals surface area contributed by atoms with Crippen molar-refractivity contribution < 1.29 is 0 Å². The molecule has 1 aromatic carbocycles. The van der Waals surface area contributed by atoms with E-state index < -0.39 is 0 Å². The molecule has 0 saturated heterocycles. The molecule has 3 rings (SSSR count). The smallest absolute Gasteiger partial charge is 0.0664 e. The molecule has 90 valence electrons. The molecule has 2 N–H and O–H groups in total. The Balaban J connectivity index is 2.29. The number of hydrogen-bond donors (Lipinski definition) is 1. The highest BCUT2D eigenvalue weighted by Gasteiger charge is 2.33. The predicted octanol–water partition coefficient (Wildman–Crippen LogP) is 3.56. The van der Waals surface area contributed by atoms with Crippen LogP contribution in [0.5, 0.6) is 0 Å². The molecular weight excluding hydrogens is 232 g/mol. The van der Waals surface area contributed by atoms with Gasteiger partial charge in [0.15, 0.2) is 0 Å². The lowest BCUT2D eigenvalue weighted by molar-refractivity contribution is 0.466. The van der Waals surface area contributed by atoms with Gasteiger partial charge in [-0.2, -0.15) is 0 Å². The second-order valence-electron chi connectivity index (χ2n) is 5.15. The van der Waals surface area contributed by atoms with E-state index in [1.807, 2.05) is 13.2 Å². The van der Waals surface area contributed by atoms with Gasteiger partial charge in [-0.15, -0.1) is 0 Å². The molecule has 1 heterocycles. The molecule has 0 atom stereocenters. The zero-order valence-corrected chi connectivity index (χ0v) is 10.8. The lowest BCUT2D eigenvalue weighted by Gasteiger charge is -2.25. The molecule has 0 aliphatic heterocycles. The lowest BCUT2D eigenvalue weighted by atomic mass is 9.87. The van der Waals surface area contributed by atoms with E-state index in [1.54, 1.807) is 0 Å². The Hall–Kier alpha value is -0.990. The summed E-state index contributed by atoms with van der Waals surface area (Å²) in [7, 11) is 2.02. The van der Waals surface area contributed by atoms with Gasteiger partial charge in [0.2, 0.25) is 0 Å². The number of halogens is 1. The number of hydrogen-bond acceptors (Lipinski definition) is 1. The van der Waals surface area contributed by atoms with E-state index >= 15 is 0 Å². The van der Waals surface area contributed by atoms with Crippen LogP contribution in [0, 0.1) is 0 Å². The van der Waals surface area contributed by atoms with Crippen LogP contribution in [-0.4, -0.2) is 4.57 Å². The van der Waals surface area contributed by atoms with Crippen LogP contribution in [0.25, 0.3) is 10.9 Å². The molecule has 1 aromatic heterocycles. The van der Waals surface area contributed by atoms with Gasteiger partial charge in [0.05, 0.1) is 5.02 Å². The Morgan fingerprint density at radius 2 is 2.00 bits per heavy atom. The molecule has 1 aliphatic carbocycles. The lowest BCUT2D eigenvalue weighted by Crippen LogP contribution is -2.33. The minimum atomic E-state index is -0.176. The maximum atomic E-state index is 6.56. The summed E-state index contributed by atoms with van der Waals surface area (Å²) in [6.45, 7) is 0. The van der Waals surface area contributed by atoms with E-state index in [0.717, 1.165) is 23.3 Å². The second-order valence-corrected chi connectivity index (χ2v) is 5.56. The molecule has 2 nitrogen and oxygen atoms in total. The van der Waals surface area contributed by atoms with Gasteiger partial charge in [0.25, 0.3) is 0 Å². The molecule has 17 heavy (non-hydrogen) atoms. The topological polar surface area (TPSA) is 30.9 Å². The molecule has 0 spiro atoms. The van der Waals surface area contributed by atoms with Gasteiger partial charge in [-0.05, 0) is 24.5 Å². The van der Waals surface area contributed by atoms with E-state index in [4.69, 9.17) is 17.3 Å². The Labute approximate surface area is 106 Å². The Morgan fingerprint density at radius 1 is 1.29 bits per heavy atom. The summed E-state index contributed by atoms with van der Waals surface area (Å²) >= 11 is 6.35. The first kappa shape index (κ1) is 11.1. The summed E-state index contributed by atoms with van der Waals surface area (Å²) in [4.78, 5) is 0. The highest BCUT2D eigenvalue weighted by molar-refractivity contribution is 6.36. The highest BCUT2D eigenvalue weighted by atomic mass is 35.5. The fourth-order valence-electron chi connectivity index (χ4n) is 3.08. The summed E-state index contributed by atoms with van der Waals surface area (Å²) in [5.41, 5.74) is 8.77. The van der Waals surface area contributed by atoms with Crippen molar-refractivity contribution in [2.24, 2.45) is 12.8 Å². The molecule has 0 unspecified atom stereocenters. The fraction of sp³-hybridized carbons (Fsp3) is 0.429. The zero-order chi connectivity index (χ0) is 12.0. The number of fused-ring (bicyclic) bond motifs is 1. The average Bonchev–Trinajstić information content (AvgIpc) is 2.86. The van der Waals surface area contributed by atoms with Crippen LogP contribution in [0.2, 0.25) is 5.02 Å². The molecule has 2 aromatic rings. The van der Waals surface area contributed by atoms with Gasteiger partial charge in [-0.3, -0.25) is 0 Å². The summed E-state index contributed by atoms with van der Waals surface area (Å²) in [6.07, 6.45) is 6.54. The number of rotatable bonds is 1. The normalized spacial score (nSPS) is 19.0. The number of aromatic nitrogens is 1. The van der Waals surface area contributed by atoms with Gasteiger partial charge in [-0.25, -0.2) is 0 Å². The molecule has 0 radical (unpaired) electrons. The molecule has 1 saturated carbocycles. The molecular formula is C14H17ClN2. The van der Waals surface area contributed by atoms with Crippen molar-refractivity contribution >= 4 is 22.5 Å². The van der Waals surface area contributed by atoms with E-state index in [-0.39, 0.29) is 5.54 Å². The molecule has 3 heteroatoms. The van der Waals surface area contributed by atoms with Crippen molar-refractivity contribution in [1.29, 1.82) is 0 Å². The number of aryl methyl sites for hydroxylation is 1. The number of benzene rings is 1. The van der Waals surface area contributed by atoms with Gasteiger partial charge in [0, 0.05) is 29.7 Å². The highest BCUT2D eigenvalue weighted by Crippen LogP contribution is 2.41. The van der Waals surface area contributed by atoms with Gasteiger partial charge in [-0.1, -0.05) is 36.6 Å². The molecule has 0 bridgehead atoms. The van der Waals surface area contributed by atoms with Gasteiger partial charge < -0.3 is 10.3 Å². The van der Waals surface area contributed by atoms with Crippen molar-refractivity contribution in [2.45, 2.75) is 31.2 Å². The second kappa shape index (κ2) is 3.76. The van der Waals surface area contributed by atoms with Crippen molar-refractivity contribution in [3.63, 3.8) is 0 Å². The van der Waals surface area contributed by atoms with Crippen LogP contribution in [-0.2, 0) is 12.6 Å². The van der Waals surface area contributed by atoms with Crippen LogP contribution >= 0.6 is 11.6 Å². The number of nitrogens with two attached hydrogens (primary N) is 1. The minimum Gasteiger partial charge on any atom is -0.349 e. The van der Waals surface area contributed by atoms with Crippen LogP contribution < -0.4 is 5.73 Å². The molecule has 0 amide bonds. The zero-order valence-electron chi connectivity index (χ0n) is 10.0. The van der Waals surface area contributed by atoms with Crippen LogP contribution in [0.3, 0.4) is 0 Å². The Kier molecular flexibility index (Phi) is 2.46. The standard InChI is InChI=1S/C14H17ClN2/c1-17-9-11(15)13-10(5-4-6-12(13)17)14(16)7-2-3-8-14/h4-6,9H,2-3,7-8,16H2,1H3. The van der Waals surface area contributed by atoms with Crippen molar-refractivity contribution in [1.82, 2.24) is 4.57 Å². The maximum Gasteiger partial charge on any atom is 0.0664 e. The Bertz CT molecular complexity index is 565. The van der Waals surface area contributed by atoms with E-state index in [2.05, 4.69) is 22.8 Å². The quantitative estimate of drug-likeness (QED) is 0.822. The van der Waals surface area contributed by atoms with E-state index in [0.29, 0.717) is 0 Å². The monoisotopic (exact) mass is 248 g/mol. The summed E-state index contributed by atoms with van der Waals surface area (Å²) in [5.74, 6) is 0. The van der Waals surface area contributed by atoms with Gasteiger partial charge >= 0.3 is 0 Å². The van der Waals surface area contributed by atoms with Crippen LogP contribution in [0.15, 0.2) is 24.4 Å². The van der Waals surface area contributed by atoms with E-state index in [1.165, 1.54) is 23.9 Å². The van der Waals surface area contributed by atoms with Crippen molar-refractivity contribution in [3.05, 3.63) is 35.0 Å². The maximum absolute atomic E-state index is 6.56. The van der Waals surface area contributed by atoms with Crippen molar-refractivity contribution in [2.75, 3.05) is 0 Å². The predicted molar refractivity (Wildman–Crippen MR) is 72.3 cm³/mol. The minimum absolute atomic E-state index is 0.176. The third-order valence-electron chi connectivity index (χ3n) is 4.00. The average molecular weight is 249 g/mol. The van der Waals surface area contributed by atoms with Crippen LogP contribution in [0.1, 0.15) is 31.2 Å². The molecule has 1 aliphatic rings. The summed E-state index contributed by atoms with van der Waals surface area (Å²) < 4.78 is 2.07. The van der Waals surface area contributed by atoms with Gasteiger partial charge in [0.1, 0.15) is 0 Å².